The zero-order chi connectivity index (χ0) is 15.2. The first-order valence-corrected chi connectivity index (χ1v) is 7.99. The Labute approximate surface area is 128 Å². The average Bonchev–Trinajstić information content (AvgIpc) is 2.77. The third-order valence-electron chi connectivity index (χ3n) is 3.60. The van der Waals surface area contributed by atoms with Crippen LogP contribution in [-0.4, -0.2) is 29.9 Å². The van der Waals surface area contributed by atoms with E-state index in [9.17, 15) is 0 Å². The Morgan fingerprint density at radius 1 is 1.14 bits per heavy atom. The second kappa shape index (κ2) is 7.62. The molecule has 21 heavy (non-hydrogen) atoms. The summed E-state index contributed by atoms with van der Waals surface area (Å²) in [5.74, 6) is 0. The van der Waals surface area contributed by atoms with Crippen LogP contribution in [0.5, 0.6) is 0 Å². The van der Waals surface area contributed by atoms with Gasteiger partial charge in [0.1, 0.15) is 0 Å². The molecule has 1 aromatic heterocycles. The van der Waals surface area contributed by atoms with Crippen LogP contribution in [0.25, 0.3) is 10.9 Å². The van der Waals surface area contributed by atoms with Crippen LogP contribution in [0.15, 0.2) is 30.5 Å². The van der Waals surface area contributed by atoms with E-state index in [2.05, 4.69) is 68.0 Å². The van der Waals surface area contributed by atoms with Crippen molar-refractivity contribution in [2.45, 2.75) is 52.8 Å². The Morgan fingerprint density at radius 2 is 1.90 bits per heavy atom. The molecule has 0 fully saturated rings. The van der Waals surface area contributed by atoms with Gasteiger partial charge in [0.25, 0.3) is 0 Å². The molecule has 0 saturated carbocycles. The molecule has 2 rings (SSSR count). The first-order valence-electron chi connectivity index (χ1n) is 7.99. The number of aromatic nitrogens is 1. The van der Waals surface area contributed by atoms with Crippen molar-refractivity contribution in [3.8, 4) is 0 Å². The summed E-state index contributed by atoms with van der Waals surface area (Å²) in [7, 11) is 0. The lowest BCUT2D eigenvalue weighted by Crippen LogP contribution is -2.24. The Hall–Kier alpha value is -1.32. The smallest absolute Gasteiger partial charge is 0.0649 e. The Kier molecular flexibility index (Phi) is 5.83. The van der Waals surface area contributed by atoms with Gasteiger partial charge in [-0.15, -0.1) is 0 Å². The molecule has 0 amide bonds. The van der Waals surface area contributed by atoms with Gasteiger partial charge in [0.2, 0.25) is 0 Å². The van der Waals surface area contributed by atoms with Gasteiger partial charge in [0, 0.05) is 29.7 Å². The van der Waals surface area contributed by atoms with Crippen LogP contribution in [0.1, 0.15) is 33.3 Å². The maximum absolute atomic E-state index is 5.68. The van der Waals surface area contributed by atoms with Crippen molar-refractivity contribution in [3.05, 3.63) is 36.0 Å². The van der Waals surface area contributed by atoms with E-state index >= 15 is 0 Å². The molecule has 0 aliphatic carbocycles. The summed E-state index contributed by atoms with van der Waals surface area (Å²) in [5, 5.41) is 4.86. The number of fused-ring (bicyclic) bond motifs is 1. The molecular formula is C18H28N2O. The number of nitrogens with one attached hydrogen (secondary N) is 1. The van der Waals surface area contributed by atoms with Crippen molar-refractivity contribution < 1.29 is 4.74 Å². The van der Waals surface area contributed by atoms with E-state index in [1.54, 1.807) is 0 Å². The maximum Gasteiger partial charge on any atom is 0.0649 e. The first kappa shape index (κ1) is 16.1. The highest BCUT2D eigenvalue weighted by molar-refractivity contribution is 5.84. The van der Waals surface area contributed by atoms with Crippen LogP contribution in [0.2, 0.25) is 0 Å². The van der Waals surface area contributed by atoms with Crippen LogP contribution in [0, 0.1) is 0 Å². The molecule has 0 radical (unpaired) electrons. The summed E-state index contributed by atoms with van der Waals surface area (Å²) in [4.78, 5) is 0. The van der Waals surface area contributed by atoms with E-state index in [1.807, 2.05) is 0 Å². The standard InChI is InChI=1S/C18H28N2O/c1-14(2)19-10-9-16-13-20(11-12-21-15(3)4)18-8-6-5-7-17(16)18/h5-8,13-15,19H,9-12H2,1-4H3. The molecular weight excluding hydrogens is 260 g/mol. The van der Waals surface area contributed by atoms with E-state index in [0.29, 0.717) is 12.1 Å². The molecule has 0 unspecified atom stereocenters. The van der Waals surface area contributed by atoms with Gasteiger partial charge < -0.3 is 14.6 Å². The fourth-order valence-corrected chi connectivity index (χ4v) is 2.59. The van der Waals surface area contributed by atoms with E-state index in [4.69, 9.17) is 4.74 Å². The second-order valence-corrected chi connectivity index (χ2v) is 6.14. The van der Waals surface area contributed by atoms with E-state index in [-0.39, 0.29) is 0 Å². The monoisotopic (exact) mass is 288 g/mol. The molecule has 1 heterocycles. The second-order valence-electron chi connectivity index (χ2n) is 6.14. The summed E-state index contributed by atoms with van der Waals surface area (Å²) in [6, 6.07) is 9.19. The first-order chi connectivity index (χ1) is 10.1. The van der Waals surface area contributed by atoms with Gasteiger partial charge in [0.15, 0.2) is 0 Å². The number of ether oxygens (including phenoxy) is 1. The van der Waals surface area contributed by atoms with Crippen molar-refractivity contribution in [3.63, 3.8) is 0 Å². The van der Waals surface area contributed by atoms with Crippen molar-refractivity contribution >= 4 is 10.9 Å². The van der Waals surface area contributed by atoms with Crippen molar-refractivity contribution in [1.82, 2.24) is 9.88 Å². The largest absolute Gasteiger partial charge is 0.377 e. The zero-order valence-electron chi connectivity index (χ0n) is 13.7. The summed E-state index contributed by atoms with van der Waals surface area (Å²) in [6.07, 6.45) is 3.65. The van der Waals surface area contributed by atoms with Gasteiger partial charge in [-0.2, -0.15) is 0 Å². The topological polar surface area (TPSA) is 26.2 Å². The van der Waals surface area contributed by atoms with E-state index < -0.39 is 0 Å². The Balaban J connectivity index is 2.10. The molecule has 0 aliphatic rings. The lowest BCUT2D eigenvalue weighted by Gasteiger charge is -2.09. The van der Waals surface area contributed by atoms with Crippen LogP contribution in [0.4, 0.5) is 0 Å². The number of nitrogens with zero attached hydrogens (tertiary/aromatic N) is 1. The Bertz CT molecular complexity index is 509. The molecule has 0 bridgehead atoms. The zero-order valence-corrected chi connectivity index (χ0v) is 13.7. The highest BCUT2D eigenvalue weighted by Crippen LogP contribution is 2.21. The highest BCUT2D eigenvalue weighted by atomic mass is 16.5. The SMILES string of the molecule is CC(C)NCCc1cn(CCOC(C)C)c2ccccc12. The summed E-state index contributed by atoms with van der Waals surface area (Å²) in [6.45, 7) is 11.2. The van der Waals surface area contributed by atoms with Gasteiger partial charge in [-0.1, -0.05) is 32.0 Å². The molecule has 0 aliphatic heterocycles. The molecule has 3 nitrogen and oxygen atoms in total. The van der Waals surface area contributed by atoms with Crippen molar-refractivity contribution in [1.29, 1.82) is 0 Å². The quantitative estimate of drug-likeness (QED) is 0.803. The number of rotatable bonds is 8. The molecule has 0 spiro atoms. The van der Waals surface area contributed by atoms with Gasteiger partial charge in [-0.05, 0) is 38.4 Å². The predicted molar refractivity (Wildman–Crippen MR) is 89.9 cm³/mol. The van der Waals surface area contributed by atoms with Crippen LogP contribution in [0.3, 0.4) is 0 Å². The normalized spacial score (nSPS) is 11.9. The van der Waals surface area contributed by atoms with Gasteiger partial charge >= 0.3 is 0 Å². The van der Waals surface area contributed by atoms with Crippen molar-refractivity contribution in [2.24, 2.45) is 0 Å². The van der Waals surface area contributed by atoms with E-state index in [0.717, 1.165) is 26.1 Å². The third-order valence-corrected chi connectivity index (χ3v) is 3.60. The minimum atomic E-state index is 0.293. The van der Waals surface area contributed by atoms with Crippen molar-refractivity contribution in [2.75, 3.05) is 13.2 Å². The average molecular weight is 288 g/mol. The Morgan fingerprint density at radius 3 is 2.62 bits per heavy atom. The van der Waals surface area contributed by atoms with E-state index in [1.165, 1.54) is 16.5 Å². The summed E-state index contributed by atoms with van der Waals surface area (Å²) < 4.78 is 8.01. The van der Waals surface area contributed by atoms with Gasteiger partial charge in [-0.25, -0.2) is 0 Å². The third kappa shape index (κ3) is 4.58. The fraction of sp³-hybridized carbons (Fsp3) is 0.556. The number of para-hydroxylation sites is 1. The molecule has 3 heteroatoms. The van der Waals surface area contributed by atoms with Gasteiger partial charge in [-0.3, -0.25) is 0 Å². The van der Waals surface area contributed by atoms with Crippen LogP contribution >= 0.6 is 0 Å². The minimum Gasteiger partial charge on any atom is -0.377 e. The number of benzene rings is 1. The number of hydrogen-bond donors (Lipinski definition) is 1. The maximum atomic E-state index is 5.68. The predicted octanol–water partition coefficient (Wildman–Crippen LogP) is 3.61. The van der Waals surface area contributed by atoms with Gasteiger partial charge in [0.05, 0.1) is 12.7 Å². The molecule has 1 N–H and O–H groups in total. The molecule has 2 aromatic rings. The molecule has 1 aromatic carbocycles. The molecule has 0 saturated heterocycles. The minimum absolute atomic E-state index is 0.293. The molecule has 0 atom stereocenters. The molecule has 116 valence electrons. The van der Waals surface area contributed by atoms with Crippen LogP contribution < -0.4 is 5.32 Å². The number of hydrogen-bond acceptors (Lipinski definition) is 2. The van der Waals surface area contributed by atoms with Crippen LogP contribution in [-0.2, 0) is 17.7 Å². The summed E-state index contributed by atoms with van der Waals surface area (Å²) >= 11 is 0. The lowest BCUT2D eigenvalue weighted by molar-refractivity contribution is 0.0733. The summed E-state index contributed by atoms with van der Waals surface area (Å²) in [5.41, 5.74) is 2.73. The lowest BCUT2D eigenvalue weighted by atomic mass is 10.1. The fourth-order valence-electron chi connectivity index (χ4n) is 2.59. The highest BCUT2D eigenvalue weighted by Gasteiger charge is 2.08.